The fraction of sp³-hybridized carbons (Fsp3) is 0.182. The molecule has 0 unspecified atom stereocenters. The van der Waals surface area contributed by atoms with Crippen molar-refractivity contribution in [1.29, 1.82) is 0 Å². The van der Waals surface area contributed by atoms with Crippen LogP contribution in [0.1, 0.15) is 38.5 Å². The molecule has 5 rings (SSSR count). The zero-order chi connectivity index (χ0) is 29.3. The van der Waals surface area contributed by atoms with Crippen LogP contribution in [0.2, 0.25) is 0 Å². The summed E-state index contributed by atoms with van der Waals surface area (Å²) in [6, 6.07) is 30.2. The first kappa shape index (κ1) is 30.3. The normalized spacial score (nSPS) is 10.7. The number of carboxylic acid groups (broad SMARTS) is 1. The Morgan fingerprint density at radius 1 is 0.825 bits per heavy atom. The molecule has 208 valence electrons. The second-order valence-electron chi connectivity index (χ2n) is 8.80. The molecule has 0 aliphatic heterocycles. The summed E-state index contributed by atoms with van der Waals surface area (Å²) in [6.07, 6.45) is 1.90. The maximum absolute atomic E-state index is 14.4. The molecule has 40 heavy (non-hydrogen) atoms. The summed E-state index contributed by atoms with van der Waals surface area (Å²) in [6.45, 7) is 5.60. The quantitative estimate of drug-likeness (QED) is 0.225. The monoisotopic (exact) mass is 560 g/mol. The van der Waals surface area contributed by atoms with Crippen LogP contribution in [0.15, 0.2) is 106 Å². The molecule has 7 heteroatoms. The summed E-state index contributed by atoms with van der Waals surface area (Å²) in [7, 11) is -3.61. The summed E-state index contributed by atoms with van der Waals surface area (Å²) in [5.74, 6) is -0.603. The molecular weight excluding hydrogens is 527 g/mol. The van der Waals surface area contributed by atoms with Gasteiger partial charge in [-0.1, -0.05) is 99.6 Å². The highest BCUT2D eigenvalue weighted by Gasteiger charge is 2.17. The molecule has 4 aromatic carbocycles. The van der Waals surface area contributed by atoms with Crippen molar-refractivity contribution < 1.29 is 27.1 Å². The van der Waals surface area contributed by atoms with E-state index in [0.29, 0.717) is 12.0 Å². The Hall–Kier alpha value is -4.23. The van der Waals surface area contributed by atoms with Gasteiger partial charge in [0.15, 0.2) is 9.84 Å². The summed E-state index contributed by atoms with van der Waals surface area (Å²) in [5.41, 5.74) is 5.46. The average Bonchev–Trinajstić information content (AvgIpc) is 3.32. The number of hydrogen-bond acceptors (Lipinski definition) is 4. The Kier molecular flexibility index (Phi) is 10.4. The van der Waals surface area contributed by atoms with Gasteiger partial charge in [-0.25, -0.2) is 12.8 Å². The van der Waals surface area contributed by atoms with Crippen LogP contribution < -0.4 is 0 Å². The van der Waals surface area contributed by atoms with Gasteiger partial charge in [-0.15, -0.1) is 0 Å². The van der Waals surface area contributed by atoms with Crippen molar-refractivity contribution in [1.82, 2.24) is 0 Å². The third-order valence-corrected chi connectivity index (χ3v) is 7.15. The molecule has 1 aromatic heterocycles. The first-order valence-electron chi connectivity index (χ1n) is 13.0. The lowest BCUT2D eigenvalue weighted by Crippen LogP contribution is -2.00. The number of fused-ring (bicyclic) bond motifs is 1. The standard InChI is InChI=1S/C28H21FO3S.C3H6O2.C2H6/c1-33(30,31)27-16-15-22(18-24(27)29)20-11-13-21(14-12-20)28-23-9-5-6-10-25(23)32-26(28)17-19-7-3-2-4-8-19;1-2-3(4)5;1-2/h2-16,18H,17H2,1H3;2H2,1H3,(H,4,5);1-2H3. The van der Waals surface area contributed by atoms with E-state index < -0.39 is 21.6 Å². The summed E-state index contributed by atoms with van der Waals surface area (Å²) >= 11 is 0. The molecule has 0 atom stereocenters. The molecule has 5 aromatic rings. The van der Waals surface area contributed by atoms with Crippen LogP contribution in [0.4, 0.5) is 4.39 Å². The highest BCUT2D eigenvalue weighted by Crippen LogP contribution is 2.37. The van der Waals surface area contributed by atoms with Crippen LogP contribution in [0.3, 0.4) is 0 Å². The van der Waals surface area contributed by atoms with E-state index in [4.69, 9.17) is 9.52 Å². The molecule has 0 amide bonds. The van der Waals surface area contributed by atoms with Gasteiger partial charge in [-0.2, -0.15) is 0 Å². The Morgan fingerprint density at radius 3 is 1.95 bits per heavy atom. The number of hydrogen-bond donors (Lipinski definition) is 1. The average molecular weight is 561 g/mol. The first-order chi connectivity index (χ1) is 19.2. The van der Waals surface area contributed by atoms with Crippen molar-refractivity contribution in [3.8, 4) is 22.3 Å². The van der Waals surface area contributed by atoms with Crippen molar-refractivity contribution in [3.05, 3.63) is 114 Å². The second-order valence-corrected chi connectivity index (χ2v) is 10.8. The van der Waals surface area contributed by atoms with E-state index in [0.717, 1.165) is 45.2 Å². The predicted molar refractivity (Wildman–Crippen MR) is 159 cm³/mol. The van der Waals surface area contributed by atoms with Gasteiger partial charge in [-0.05, 0) is 40.5 Å². The molecule has 0 saturated heterocycles. The molecule has 0 aliphatic rings. The first-order valence-corrected chi connectivity index (χ1v) is 14.9. The molecule has 0 saturated carbocycles. The van der Waals surface area contributed by atoms with Crippen molar-refractivity contribution in [2.45, 2.75) is 38.5 Å². The van der Waals surface area contributed by atoms with E-state index in [9.17, 15) is 17.6 Å². The number of sulfone groups is 1. The van der Waals surface area contributed by atoms with Crippen molar-refractivity contribution >= 4 is 26.8 Å². The Balaban J connectivity index is 0.000000570. The van der Waals surface area contributed by atoms with E-state index in [1.165, 1.54) is 12.1 Å². The lowest BCUT2D eigenvalue weighted by molar-refractivity contribution is -0.136. The number of para-hydroxylation sites is 1. The van der Waals surface area contributed by atoms with E-state index in [1.807, 2.05) is 74.5 Å². The van der Waals surface area contributed by atoms with Gasteiger partial charge in [0.1, 0.15) is 22.1 Å². The molecule has 1 N–H and O–H groups in total. The number of carboxylic acids is 1. The molecule has 0 radical (unpaired) electrons. The topological polar surface area (TPSA) is 84.6 Å². The predicted octanol–water partition coefficient (Wildman–Crippen LogP) is 8.41. The van der Waals surface area contributed by atoms with Crippen molar-refractivity contribution in [2.24, 2.45) is 0 Å². The number of aliphatic carboxylic acids is 1. The maximum Gasteiger partial charge on any atom is 0.303 e. The van der Waals surface area contributed by atoms with E-state index in [1.54, 1.807) is 13.0 Å². The lowest BCUT2D eigenvalue weighted by Gasteiger charge is -2.08. The fourth-order valence-corrected chi connectivity index (χ4v) is 4.86. The van der Waals surface area contributed by atoms with Crippen LogP contribution in [0.5, 0.6) is 0 Å². The number of furan rings is 1. The van der Waals surface area contributed by atoms with E-state index >= 15 is 0 Å². The van der Waals surface area contributed by atoms with Gasteiger partial charge in [0, 0.05) is 30.0 Å². The number of carbonyl (C=O) groups is 1. The zero-order valence-corrected chi connectivity index (χ0v) is 23.8. The van der Waals surface area contributed by atoms with Crippen LogP contribution in [0.25, 0.3) is 33.2 Å². The highest BCUT2D eigenvalue weighted by atomic mass is 32.2. The molecule has 0 spiro atoms. The minimum Gasteiger partial charge on any atom is -0.481 e. The molecule has 0 bridgehead atoms. The van der Waals surface area contributed by atoms with Gasteiger partial charge in [0.05, 0.1) is 0 Å². The van der Waals surface area contributed by atoms with E-state index in [-0.39, 0.29) is 11.3 Å². The molecule has 0 fully saturated rings. The van der Waals surface area contributed by atoms with Crippen molar-refractivity contribution in [2.75, 3.05) is 6.26 Å². The van der Waals surface area contributed by atoms with Crippen LogP contribution in [-0.4, -0.2) is 25.7 Å². The number of rotatable bonds is 6. The number of halogens is 1. The van der Waals surface area contributed by atoms with Gasteiger partial charge in [0.2, 0.25) is 0 Å². The summed E-state index contributed by atoms with van der Waals surface area (Å²) in [5, 5.41) is 8.76. The van der Waals surface area contributed by atoms with Crippen LogP contribution in [-0.2, 0) is 21.1 Å². The second kappa shape index (κ2) is 13.7. The maximum atomic E-state index is 14.4. The summed E-state index contributed by atoms with van der Waals surface area (Å²) < 4.78 is 44.0. The molecular formula is C33H33FO5S. The lowest BCUT2D eigenvalue weighted by atomic mass is 9.96. The molecule has 5 nitrogen and oxygen atoms in total. The minimum absolute atomic E-state index is 0.222. The summed E-state index contributed by atoms with van der Waals surface area (Å²) in [4.78, 5) is 9.07. The highest BCUT2D eigenvalue weighted by molar-refractivity contribution is 7.90. The van der Waals surface area contributed by atoms with Crippen LogP contribution in [0, 0.1) is 5.82 Å². The van der Waals surface area contributed by atoms with Crippen LogP contribution >= 0.6 is 0 Å². The molecule has 0 aliphatic carbocycles. The SMILES string of the molecule is CC.CCC(=O)O.CS(=O)(=O)c1ccc(-c2ccc(-c3c(Cc4ccccc4)oc4ccccc34)cc2)cc1F. The van der Waals surface area contributed by atoms with Gasteiger partial charge >= 0.3 is 5.97 Å². The molecule has 1 heterocycles. The van der Waals surface area contributed by atoms with Gasteiger partial charge in [-0.3, -0.25) is 4.79 Å². The van der Waals surface area contributed by atoms with Gasteiger partial charge < -0.3 is 9.52 Å². The minimum atomic E-state index is -3.61. The Morgan fingerprint density at radius 2 is 1.38 bits per heavy atom. The van der Waals surface area contributed by atoms with Gasteiger partial charge in [0.25, 0.3) is 0 Å². The van der Waals surface area contributed by atoms with E-state index in [2.05, 4.69) is 18.2 Å². The third kappa shape index (κ3) is 7.45. The van der Waals surface area contributed by atoms with Crippen molar-refractivity contribution in [3.63, 3.8) is 0 Å². The smallest absolute Gasteiger partial charge is 0.303 e. The Labute approximate surface area is 234 Å². The largest absolute Gasteiger partial charge is 0.481 e. The fourth-order valence-electron chi connectivity index (χ4n) is 4.13. The Bertz CT molecular complexity index is 1670. The number of benzene rings is 4. The zero-order valence-electron chi connectivity index (χ0n) is 23.0. The third-order valence-electron chi connectivity index (χ3n) is 6.02.